The van der Waals surface area contributed by atoms with Gasteiger partial charge < -0.3 is 9.80 Å². The number of piperidine rings is 1. The van der Waals surface area contributed by atoms with Crippen LogP contribution in [-0.4, -0.2) is 57.1 Å². The minimum Gasteiger partial charge on any atom is -0.371 e. The molecule has 0 atom stereocenters. The number of allylic oxidation sites excluding steroid dienone is 3. The molecule has 27 heavy (non-hydrogen) atoms. The van der Waals surface area contributed by atoms with Crippen LogP contribution >= 0.6 is 11.3 Å². The number of aromatic amines is 1. The Balaban J connectivity index is 1.21. The van der Waals surface area contributed by atoms with Crippen molar-refractivity contribution in [1.82, 2.24) is 25.0 Å². The second kappa shape index (κ2) is 6.96. The van der Waals surface area contributed by atoms with Crippen molar-refractivity contribution >= 4 is 17.2 Å². The molecule has 0 bridgehead atoms. The van der Waals surface area contributed by atoms with Crippen LogP contribution < -0.4 is 0 Å². The molecule has 1 aliphatic carbocycles. The van der Waals surface area contributed by atoms with Crippen LogP contribution in [0.3, 0.4) is 0 Å². The van der Waals surface area contributed by atoms with Crippen molar-refractivity contribution in [3.05, 3.63) is 57.5 Å². The first-order valence-electron chi connectivity index (χ1n) is 9.68. The molecule has 5 rings (SSSR count). The van der Waals surface area contributed by atoms with Gasteiger partial charge in [-0.2, -0.15) is 5.10 Å². The Bertz CT molecular complexity index is 864. The fraction of sp³-hybridized carbons (Fsp3) is 0.450. The third-order valence-electron chi connectivity index (χ3n) is 5.78. The summed E-state index contributed by atoms with van der Waals surface area (Å²) in [4.78, 5) is 23.3. The van der Waals surface area contributed by atoms with Crippen molar-refractivity contribution in [3.8, 4) is 0 Å². The van der Waals surface area contributed by atoms with E-state index in [2.05, 4.69) is 33.3 Å². The van der Waals surface area contributed by atoms with E-state index in [1.165, 1.54) is 21.3 Å². The number of fused-ring (bicyclic) bond motifs is 1. The van der Waals surface area contributed by atoms with E-state index in [9.17, 15) is 4.79 Å². The SMILES string of the molecule is O=C(c1ccn[nH]1)N1CCC(c2nc3c(s2)CCN(C2=CC=C2)CC3)CC1. The Labute approximate surface area is 162 Å². The monoisotopic (exact) mass is 381 g/mol. The molecule has 2 aliphatic heterocycles. The molecule has 1 saturated heterocycles. The van der Waals surface area contributed by atoms with Crippen molar-refractivity contribution in [2.75, 3.05) is 26.2 Å². The second-order valence-electron chi connectivity index (χ2n) is 7.40. The highest BCUT2D eigenvalue weighted by atomic mass is 32.1. The quantitative estimate of drug-likeness (QED) is 0.888. The fourth-order valence-electron chi connectivity index (χ4n) is 4.08. The fourth-order valence-corrected chi connectivity index (χ4v) is 5.35. The number of carbonyl (C=O) groups is 1. The first-order valence-corrected chi connectivity index (χ1v) is 10.5. The van der Waals surface area contributed by atoms with Gasteiger partial charge in [0.2, 0.25) is 0 Å². The minimum atomic E-state index is 0.0558. The number of nitrogens with one attached hydrogen (secondary N) is 1. The molecule has 0 spiro atoms. The zero-order valence-electron chi connectivity index (χ0n) is 15.2. The van der Waals surface area contributed by atoms with Gasteiger partial charge in [-0.3, -0.25) is 9.89 Å². The average molecular weight is 382 g/mol. The maximum atomic E-state index is 12.4. The molecule has 2 aromatic heterocycles. The number of rotatable bonds is 3. The lowest BCUT2D eigenvalue weighted by molar-refractivity contribution is 0.0707. The van der Waals surface area contributed by atoms with Gasteiger partial charge in [-0.25, -0.2) is 4.98 Å². The van der Waals surface area contributed by atoms with E-state index >= 15 is 0 Å². The predicted octanol–water partition coefficient (Wildman–Crippen LogP) is 2.74. The van der Waals surface area contributed by atoms with Gasteiger partial charge in [-0.15, -0.1) is 11.3 Å². The molecule has 1 N–H and O–H groups in total. The third-order valence-corrected chi connectivity index (χ3v) is 7.10. The maximum Gasteiger partial charge on any atom is 0.271 e. The summed E-state index contributed by atoms with van der Waals surface area (Å²) in [5.41, 5.74) is 3.24. The number of nitrogens with zero attached hydrogens (tertiary/aromatic N) is 4. The molecule has 0 aromatic carbocycles. The molecule has 3 aliphatic rings. The highest BCUT2D eigenvalue weighted by Crippen LogP contribution is 2.34. The number of carbonyl (C=O) groups excluding carboxylic acids is 1. The van der Waals surface area contributed by atoms with Crippen molar-refractivity contribution < 1.29 is 4.79 Å². The summed E-state index contributed by atoms with van der Waals surface area (Å²) in [5.74, 6) is 0.543. The van der Waals surface area contributed by atoms with Crippen molar-refractivity contribution in [2.45, 2.75) is 31.6 Å². The summed E-state index contributed by atoms with van der Waals surface area (Å²) in [6, 6.07) is 1.74. The van der Waals surface area contributed by atoms with Crippen molar-refractivity contribution in [3.63, 3.8) is 0 Å². The molecule has 0 saturated carbocycles. The zero-order valence-corrected chi connectivity index (χ0v) is 16.0. The lowest BCUT2D eigenvalue weighted by atomic mass is 9.97. The van der Waals surface area contributed by atoms with E-state index in [1.54, 1.807) is 12.3 Å². The summed E-state index contributed by atoms with van der Waals surface area (Å²) < 4.78 is 0. The zero-order chi connectivity index (χ0) is 18.2. The van der Waals surface area contributed by atoms with Gasteiger partial charge in [-0.05, 0) is 31.1 Å². The number of thiazole rings is 1. The van der Waals surface area contributed by atoms with Gasteiger partial charge >= 0.3 is 0 Å². The van der Waals surface area contributed by atoms with Crippen molar-refractivity contribution in [1.29, 1.82) is 0 Å². The molecule has 0 radical (unpaired) electrons. The van der Waals surface area contributed by atoms with Crippen LogP contribution in [0.4, 0.5) is 0 Å². The molecule has 2 aromatic rings. The number of amides is 1. The Kier molecular flexibility index (Phi) is 4.32. The standard InChI is InChI=1S/C20H23N5OS/c26-20(17-4-9-21-23-17)25-10-5-14(6-11-25)19-22-16-7-12-24(15-2-1-3-15)13-8-18(16)27-19/h1-4,9,14H,5-8,10-13H2,(H,21,23). The lowest BCUT2D eigenvalue weighted by Crippen LogP contribution is -2.38. The topological polar surface area (TPSA) is 65.1 Å². The summed E-state index contributed by atoms with van der Waals surface area (Å²) >= 11 is 1.91. The normalized spacial score (nSPS) is 20.1. The molecule has 140 valence electrons. The molecular formula is C20H23N5OS. The van der Waals surface area contributed by atoms with E-state index < -0.39 is 0 Å². The number of H-pyrrole nitrogens is 1. The number of aromatic nitrogens is 3. The summed E-state index contributed by atoms with van der Waals surface area (Å²) in [6.45, 7) is 3.73. The van der Waals surface area contributed by atoms with Crippen LogP contribution in [-0.2, 0) is 12.8 Å². The van der Waals surface area contributed by atoms with Gasteiger partial charge in [0.25, 0.3) is 5.91 Å². The van der Waals surface area contributed by atoms with E-state index in [1.807, 2.05) is 16.2 Å². The van der Waals surface area contributed by atoms with E-state index in [0.717, 1.165) is 51.9 Å². The van der Waals surface area contributed by atoms with Crippen LogP contribution in [0.1, 0.15) is 44.8 Å². The van der Waals surface area contributed by atoms with Crippen LogP contribution in [0.2, 0.25) is 0 Å². The van der Waals surface area contributed by atoms with Gasteiger partial charge in [0, 0.05) is 61.7 Å². The largest absolute Gasteiger partial charge is 0.371 e. The summed E-state index contributed by atoms with van der Waals surface area (Å²) in [6.07, 6.45) is 12.2. The second-order valence-corrected chi connectivity index (χ2v) is 8.51. The molecular weight excluding hydrogens is 358 g/mol. The first kappa shape index (κ1) is 16.7. The Hall–Kier alpha value is -2.41. The van der Waals surface area contributed by atoms with Crippen molar-refractivity contribution in [2.24, 2.45) is 0 Å². The maximum absolute atomic E-state index is 12.4. The lowest BCUT2D eigenvalue weighted by Gasteiger charge is -2.30. The number of hydrogen-bond donors (Lipinski definition) is 1. The number of likely N-dealkylation sites (tertiary alicyclic amines) is 1. The number of hydrogen-bond acceptors (Lipinski definition) is 5. The smallest absolute Gasteiger partial charge is 0.271 e. The minimum absolute atomic E-state index is 0.0558. The van der Waals surface area contributed by atoms with E-state index in [0.29, 0.717) is 11.6 Å². The summed E-state index contributed by atoms with van der Waals surface area (Å²) in [5, 5.41) is 7.93. The van der Waals surface area contributed by atoms with Crippen LogP contribution in [0.5, 0.6) is 0 Å². The third kappa shape index (κ3) is 3.20. The molecule has 0 unspecified atom stereocenters. The van der Waals surface area contributed by atoms with Crippen LogP contribution in [0, 0.1) is 0 Å². The van der Waals surface area contributed by atoms with Gasteiger partial charge in [0.05, 0.1) is 10.7 Å². The highest BCUT2D eigenvalue weighted by molar-refractivity contribution is 7.11. The average Bonchev–Trinajstić information content (AvgIpc) is 3.29. The van der Waals surface area contributed by atoms with E-state index in [4.69, 9.17) is 4.98 Å². The summed E-state index contributed by atoms with van der Waals surface area (Å²) in [7, 11) is 0. The molecule has 1 fully saturated rings. The Morgan fingerprint density at radius 1 is 1.19 bits per heavy atom. The molecule has 4 heterocycles. The highest BCUT2D eigenvalue weighted by Gasteiger charge is 2.28. The Morgan fingerprint density at radius 2 is 2.00 bits per heavy atom. The Morgan fingerprint density at radius 3 is 2.70 bits per heavy atom. The van der Waals surface area contributed by atoms with Gasteiger partial charge in [0.1, 0.15) is 5.69 Å². The molecule has 1 amide bonds. The van der Waals surface area contributed by atoms with Crippen LogP contribution in [0.15, 0.2) is 36.2 Å². The first-order chi connectivity index (χ1) is 13.3. The predicted molar refractivity (Wildman–Crippen MR) is 105 cm³/mol. The van der Waals surface area contributed by atoms with E-state index in [-0.39, 0.29) is 5.91 Å². The molecule has 6 nitrogen and oxygen atoms in total. The van der Waals surface area contributed by atoms with Crippen LogP contribution in [0.25, 0.3) is 0 Å². The van der Waals surface area contributed by atoms with Gasteiger partial charge in [0.15, 0.2) is 0 Å². The molecule has 7 heteroatoms. The van der Waals surface area contributed by atoms with Gasteiger partial charge in [-0.1, -0.05) is 6.08 Å².